The van der Waals surface area contributed by atoms with Crippen molar-refractivity contribution < 1.29 is 24.3 Å². The number of hydrogen-bond acceptors (Lipinski definition) is 6. The summed E-state index contributed by atoms with van der Waals surface area (Å²) < 4.78 is 4.78. The molecule has 0 aliphatic carbocycles. The van der Waals surface area contributed by atoms with Crippen LogP contribution in [0.3, 0.4) is 0 Å². The van der Waals surface area contributed by atoms with Gasteiger partial charge >= 0.3 is 11.9 Å². The second kappa shape index (κ2) is 7.55. The van der Waals surface area contributed by atoms with Gasteiger partial charge in [0, 0.05) is 11.3 Å². The molecule has 0 amide bonds. The molecule has 0 bridgehead atoms. The van der Waals surface area contributed by atoms with E-state index in [0.29, 0.717) is 0 Å². The van der Waals surface area contributed by atoms with E-state index in [1.165, 1.54) is 5.01 Å². The molecule has 0 spiro atoms. The average molecular weight is 275 g/mol. The third-order valence-corrected chi connectivity index (χ3v) is 1.96. The van der Waals surface area contributed by atoms with Gasteiger partial charge in [0.15, 0.2) is 0 Å². The number of aliphatic carboxylic acids is 1. The third kappa shape index (κ3) is 7.96. The predicted octanol–water partition coefficient (Wildman–Crippen LogP) is 1.63. The molecule has 0 rings (SSSR count). The first-order valence-electron chi connectivity index (χ1n) is 5.83. The molecule has 0 saturated heterocycles. The standard InChI is InChI=1S/C11H21N3O5/c1-8(2)14(6-9(15)16)12-13-19-7-18-10(17)11(3,4)5/h8H,6-7H2,1-5H3,(H,15,16)/b13-12-. The van der Waals surface area contributed by atoms with E-state index in [9.17, 15) is 9.59 Å². The first-order valence-corrected chi connectivity index (χ1v) is 5.83. The number of rotatable bonds is 7. The monoisotopic (exact) mass is 275 g/mol. The molecule has 8 heteroatoms. The summed E-state index contributed by atoms with van der Waals surface area (Å²) in [5.74, 6) is -1.44. The maximum absolute atomic E-state index is 11.4. The van der Waals surface area contributed by atoms with Gasteiger partial charge < -0.3 is 14.7 Å². The number of nitrogens with zero attached hydrogens (tertiary/aromatic N) is 3. The second-order valence-electron chi connectivity index (χ2n) is 5.18. The number of carbonyl (C=O) groups excluding carboxylic acids is 1. The highest BCUT2D eigenvalue weighted by Crippen LogP contribution is 2.14. The van der Waals surface area contributed by atoms with Crippen molar-refractivity contribution in [2.75, 3.05) is 13.3 Å². The zero-order chi connectivity index (χ0) is 15.1. The van der Waals surface area contributed by atoms with Gasteiger partial charge in [-0.25, -0.2) is 0 Å². The normalized spacial score (nSPS) is 11.7. The highest BCUT2D eigenvalue weighted by Gasteiger charge is 2.23. The first-order chi connectivity index (χ1) is 8.64. The summed E-state index contributed by atoms with van der Waals surface area (Å²) in [6.45, 7) is 8.02. The maximum atomic E-state index is 11.4. The van der Waals surface area contributed by atoms with E-state index in [1.54, 1.807) is 34.6 Å². The van der Waals surface area contributed by atoms with E-state index in [1.807, 2.05) is 0 Å². The highest BCUT2D eigenvalue weighted by atomic mass is 16.8. The minimum Gasteiger partial charge on any atom is -0.480 e. The Bertz CT molecular complexity index is 336. The average Bonchev–Trinajstić information content (AvgIpc) is 2.24. The van der Waals surface area contributed by atoms with Crippen LogP contribution >= 0.6 is 0 Å². The fourth-order valence-electron chi connectivity index (χ4n) is 0.849. The minimum absolute atomic E-state index is 0.138. The molecule has 0 fully saturated rings. The summed E-state index contributed by atoms with van der Waals surface area (Å²) in [5.41, 5.74) is -0.617. The van der Waals surface area contributed by atoms with Gasteiger partial charge in [-0.15, -0.1) is 0 Å². The van der Waals surface area contributed by atoms with E-state index < -0.39 is 17.4 Å². The molecule has 1 N–H and O–H groups in total. The lowest BCUT2D eigenvalue weighted by Gasteiger charge is -2.18. The van der Waals surface area contributed by atoms with Gasteiger partial charge in [-0.2, -0.15) is 0 Å². The summed E-state index contributed by atoms with van der Waals surface area (Å²) in [6, 6.07) is -0.138. The Kier molecular flexibility index (Phi) is 6.81. The van der Waals surface area contributed by atoms with Gasteiger partial charge in [-0.3, -0.25) is 14.6 Å². The lowest BCUT2D eigenvalue weighted by molar-refractivity contribution is -0.167. The largest absolute Gasteiger partial charge is 0.480 e. The molecule has 0 aliphatic heterocycles. The smallest absolute Gasteiger partial charge is 0.324 e. The first kappa shape index (κ1) is 17.1. The molecule has 0 aromatic heterocycles. The summed E-state index contributed by atoms with van der Waals surface area (Å²) in [7, 11) is 0. The summed E-state index contributed by atoms with van der Waals surface area (Å²) in [6.07, 6.45) is 0. The van der Waals surface area contributed by atoms with Crippen molar-refractivity contribution in [2.45, 2.75) is 40.7 Å². The summed E-state index contributed by atoms with van der Waals surface area (Å²) >= 11 is 0. The van der Waals surface area contributed by atoms with Crippen LogP contribution in [0.5, 0.6) is 0 Å². The van der Waals surface area contributed by atoms with E-state index in [0.717, 1.165) is 0 Å². The van der Waals surface area contributed by atoms with E-state index in [2.05, 4.69) is 15.3 Å². The predicted molar refractivity (Wildman–Crippen MR) is 65.8 cm³/mol. The van der Waals surface area contributed by atoms with Crippen LogP contribution in [0.15, 0.2) is 10.5 Å². The Morgan fingerprint density at radius 1 is 1.32 bits per heavy atom. The highest BCUT2D eigenvalue weighted by molar-refractivity contribution is 5.75. The van der Waals surface area contributed by atoms with Crippen molar-refractivity contribution in [2.24, 2.45) is 15.9 Å². The van der Waals surface area contributed by atoms with Gasteiger partial charge in [0.25, 0.3) is 6.79 Å². The van der Waals surface area contributed by atoms with Crippen LogP contribution in [-0.2, 0) is 19.2 Å². The molecule has 0 atom stereocenters. The molecule has 0 heterocycles. The Morgan fingerprint density at radius 2 is 1.89 bits per heavy atom. The molecular formula is C11H21N3O5. The Morgan fingerprint density at radius 3 is 2.32 bits per heavy atom. The van der Waals surface area contributed by atoms with Crippen LogP contribution in [-0.4, -0.2) is 41.4 Å². The molecule has 8 nitrogen and oxygen atoms in total. The zero-order valence-electron chi connectivity index (χ0n) is 11.9. The second-order valence-corrected chi connectivity index (χ2v) is 5.18. The van der Waals surface area contributed by atoms with Crippen LogP contribution in [0.2, 0.25) is 0 Å². The van der Waals surface area contributed by atoms with Crippen molar-refractivity contribution in [3.8, 4) is 0 Å². The van der Waals surface area contributed by atoms with Gasteiger partial charge in [0.2, 0.25) is 0 Å². The fourth-order valence-corrected chi connectivity index (χ4v) is 0.849. The lowest BCUT2D eigenvalue weighted by atomic mass is 9.98. The van der Waals surface area contributed by atoms with Crippen LogP contribution in [0, 0.1) is 5.41 Å². The number of hydrogen-bond donors (Lipinski definition) is 1. The fraction of sp³-hybridized carbons (Fsp3) is 0.818. The quantitative estimate of drug-likeness (QED) is 0.249. The Hall–Kier alpha value is -1.86. The maximum Gasteiger partial charge on any atom is 0.324 e. The SMILES string of the molecule is CC(C)N(CC(=O)O)/N=N\OCOC(=O)C(C)(C)C. The van der Waals surface area contributed by atoms with E-state index >= 15 is 0 Å². The van der Waals surface area contributed by atoms with Gasteiger partial charge in [-0.1, -0.05) is 0 Å². The van der Waals surface area contributed by atoms with Crippen LogP contribution < -0.4 is 0 Å². The van der Waals surface area contributed by atoms with Crippen molar-refractivity contribution in [1.29, 1.82) is 0 Å². The number of carboxylic acids is 1. The van der Waals surface area contributed by atoms with Crippen LogP contribution in [0.25, 0.3) is 0 Å². The lowest BCUT2D eigenvalue weighted by Crippen LogP contribution is -2.30. The number of ether oxygens (including phenoxy) is 1. The molecule has 0 aromatic carbocycles. The van der Waals surface area contributed by atoms with Gasteiger partial charge in [-0.05, 0) is 39.8 Å². The minimum atomic E-state index is -1.02. The molecule has 0 saturated carbocycles. The molecule has 0 aromatic rings. The molecule has 0 aliphatic rings. The van der Waals surface area contributed by atoms with E-state index in [4.69, 9.17) is 9.84 Å². The topological polar surface area (TPSA) is 101 Å². The van der Waals surface area contributed by atoms with Crippen molar-refractivity contribution >= 4 is 11.9 Å². The summed E-state index contributed by atoms with van der Waals surface area (Å²) in [4.78, 5) is 26.5. The van der Waals surface area contributed by atoms with Crippen LogP contribution in [0.4, 0.5) is 0 Å². The van der Waals surface area contributed by atoms with E-state index in [-0.39, 0.29) is 19.4 Å². The number of carboxylic acid groups (broad SMARTS) is 1. The van der Waals surface area contributed by atoms with Crippen molar-refractivity contribution in [1.82, 2.24) is 5.01 Å². The number of carbonyl (C=O) groups is 2. The molecule has 0 unspecified atom stereocenters. The Labute approximate surface area is 112 Å². The van der Waals surface area contributed by atoms with Crippen LogP contribution in [0.1, 0.15) is 34.6 Å². The summed E-state index contributed by atoms with van der Waals surface area (Å²) in [5, 5.41) is 16.8. The van der Waals surface area contributed by atoms with Gasteiger partial charge in [0.05, 0.1) is 5.41 Å². The Balaban J connectivity index is 4.07. The number of esters is 1. The zero-order valence-corrected chi connectivity index (χ0v) is 11.9. The van der Waals surface area contributed by atoms with Crippen molar-refractivity contribution in [3.63, 3.8) is 0 Å². The van der Waals surface area contributed by atoms with Crippen molar-refractivity contribution in [3.05, 3.63) is 0 Å². The molecular weight excluding hydrogens is 254 g/mol. The van der Waals surface area contributed by atoms with Gasteiger partial charge in [0.1, 0.15) is 6.54 Å². The molecule has 0 radical (unpaired) electrons. The molecule has 19 heavy (non-hydrogen) atoms. The third-order valence-electron chi connectivity index (χ3n) is 1.96. The molecule has 110 valence electrons.